The monoisotopic (exact) mass is 229 g/mol. The summed E-state index contributed by atoms with van der Waals surface area (Å²) >= 11 is 0. The summed E-state index contributed by atoms with van der Waals surface area (Å²) < 4.78 is 0. The van der Waals surface area contributed by atoms with Crippen molar-refractivity contribution in [3.05, 3.63) is 35.4 Å². The molecule has 1 atom stereocenters. The molecule has 1 heteroatoms. The van der Waals surface area contributed by atoms with E-state index in [1.165, 1.54) is 25.7 Å². The number of rotatable bonds is 3. The third-order valence-electron chi connectivity index (χ3n) is 4.69. The van der Waals surface area contributed by atoms with E-state index in [9.17, 15) is 0 Å². The Morgan fingerprint density at radius 3 is 2.71 bits per heavy atom. The molecule has 0 aromatic heterocycles. The molecule has 0 radical (unpaired) electrons. The average Bonchev–Trinajstić information content (AvgIpc) is 2.65. The minimum atomic E-state index is 0.629. The van der Waals surface area contributed by atoms with Gasteiger partial charge in [-0.05, 0) is 48.6 Å². The molecule has 0 spiro atoms. The van der Waals surface area contributed by atoms with E-state index in [2.05, 4.69) is 43.4 Å². The summed E-state index contributed by atoms with van der Waals surface area (Å²) in [4.78, 5) is 0. The number of hydrogen-bond donors (Lipinski definition) is 1. The number of hydrogen-bond acceptors (Lipinski definition) is 1. The molecule has 1 N–H and O–H groups in total. The molecule has 1 nitrogen and oxygen atoms in total. The highest BCUT2D eigenvalue weighted by Crippen LogP contribution is 2.37. The molecule has 2 aliphatic rings. The fourth-order valence-electron chi connectivity index (χ4n) is 3.36. The predicted octanol–water partition coefficient (Wildman–Crippen LogP) is 3.70. The van der Waals surface area contributed by atoms with E-state index in [1.807, 2.05) is 0 Å². The van der Waals surface area contributed by atoms with Crippen molar-refractivity contribution in [1.82, 2.24) is 5.32 Å². The maximum absolute atomic E-state index is 3.86. The van der Waals surface area contributed by atoms with Crippen LogP contribution in [0.15, 0.2) is 24.3 Å². The zero-order chi connectivity index (χ0) is 11.8. The van der Waals surface area contributed by atoms with Crippen LogP contribution < -0.4 is 5.32 Å². The van der Waals surface area contributed by atoms with Gasteiger partial charge in [-0.3, -0.25) is 0 Å². The van der Waals surface area contributed by atoms with Crippen molar-refractivity contribution >= 4 is 0 Å². The average molecular weight is 229 g/mol. The molecular formula is C16H23N. The predicted molar refractivity (Wildman–Crippen MR) is 72.0 cm³/mol. The lowest BCUT2D eigenvalue weighted by molar-refractivity contribution is 0.157. The second-order valence-electron chi connectivity index (χ2n) is 6.13. The van der Waals surface area contributed by atoms with Gasteiger partial charge in [0.05, 0.1) is 0 Å². The molecule has 17 heavy (non-hydrogen) atoms. The van der Waals surface area contributed by atoms with Crippen molar-refractivity contribution < 1.29 is 0 Å². The fraction of sp³-hybridized carbons (Fsp3) is 0.625. The van der Waals surface area contributed by atoms with E-state index in [1.54, 1.807) is 11.1 Å². The highest BCUT2D eigenvalue weighted by molar-refractivity contribution is 5.34. The molecular weight excluding hydrogens is 206 g/mol. The summed E-state index contributed by atoms with van der Waals surface area (Å²) in [5.41, 5.74) is 3.12. The quantitative estimate of drug-likeness (QED) is 0.833. The van der Waals surface area contributed by atoms with E-state index in [-0.39, 0.29) is 0 Å². The number of benzene rings is 1. The van der Waals surface area contributed by atoms with Crippen molar-refractivity contribution in [2.24, 2.45) is 11.8 Å². The van der Waals surface area contributed by atoms with Gasteiger partial charge in [-0.25, -0.2) is 0 Å². The molecule has 0 heterocycles. The Morgan fingerprint density at radius 1 is 1.18 bits per heavy atom. The van der Waals surface area contributed by atoms with Crippen LogP contribution in [-0.2, 0) is 6.42 Å². The maximum atomic E-state index is 3.86. The molecule has 0 saturated heterocycles. The molecule has 2 aliphatic carbocycles. The minimum absolute atomic E-state index is 0.629. The Balaban J connectivity index is 1.58. The Bertz CT molecular complexity index is 390. The van der Waals surface area contributed by atoms with Crippen LogP contribution in [0.2, 0.25) is 0 Å². The normalized spacial score (nSPS) is 31.4. The Morgan fingerprint density at radius 2 is 1.94 bits per heavy atom. The highest BCUT2D eigenvalue weighted by Gasteiger charge is 2.33. The lowest BCUT2D eigenvalue weighted by Gasteiger charge is -2.40. The largest absolute Gasteiger partial charge is 0.307 e. The van der Waals surface area contributed by atoms with Gasteiger partial charge in [-0.2, -0.15) is 0 Å². The summed E-state index contributed by atoms with van der Waals surface area (Å²) in [6, 6.07) is 10.3. The van der Waals surface area contributed by atoms with Gasteiger partial charge in [-0.15, -0.1) is 0 Å². The van der Waals surface area contributed by atoms with Gasteiger partial charge in [0.2, 0.25) is 0 Å². The summed E-state index contributed by atoms with van der Waals surface area (Å²) in [6.07, 6.45) is 5.32. The van der Waals surface area contributed by atoms with Gasteiger partial charge >= 0.3 is 0 Å². The van der Waals surface area contributed by atoms with Crippen molar-refractivity contribution in [2.45, 2.75) is 51.6 Å². The summed E-state index contributed by atoms with van der Waals surface area (Å²) in [5.74, 6) is 1.83. The van der Waals surface area contributed by atoms with Crippen LogP contribution in [0, 0.1) is 11.8 Å². The summed E-state index contributed by atoms with van der Waals surface area (Å²) in [5, 5.41) is 3.86. The van der Waals surface area contributed by atoms with E-state index >= 15 is 0 Å². The lowest BCUT2D eigenvalue weighted by atomic mass is 9.73. The second kappa shape index (κ2) is 4.45. The molecule has 1 saturated carbocycles. The van der Waals surface area contributed by atoms with Gasteiger partial charge in [0.15, 0.2) is 0 Å². The standard InChI is InChI=1S/C16H23N/c1-11(2)13-9-14(10-13)17-16-8-7-12-5-3-4-6-15(12)16/h3-6,11,13-14,16-17H,7-10H2,1-2H3. The first-order valence-electron chi connectivity index (χ1n) is 7.08. The smallest absolute Gasteiger partial charge is 0.0328 e. The van der Waals surface area contributed by atoms with E-state index < -0.39 is 0 Å². The van der Waals surface area contributed by atoms with Crippen LogP contribution in [0.4, 0.5) is 0 Å². The Kier molecular flexibility index (Phi) is 2.96. The SMILES string of the molecule is CC(C)C1CC(NC2CCc3ccccc32)C1. The molecule has 0 amide bonds. The first-order valence-corrected chi connectivity index (χ1v) is 7.08. The fourth-order valence-corrected chi connectivity index (χ4v) is 3.36. The topological polar surface area (TPSA) is 12.0 Å². The molecule has 3 rings (SSSR count). The first kappa shape index (κ1) is 11.3. The molecule has 1 aromatic carbocycles. The van der Waals surface area contributed by atoms with Crippen LogP contribution in [-0.4, -0.2) is 6.04 Å². The third-order valence-corrected chi connectivity index (χ3v) is 4.69. The minimum Gasteiger partial charge on any atom is -0.307 e. The Labute approximate surface area is 105 Å². The van der Waals surface area contributed by atoms with Crippen molar-refractivity contribution in [3.8, 4) is 0 Å². The summed E-state index contributed by atoms with van der Waals surface area (Å²) in [6.45, 7) is 4.71. The number of aryl methyl sites for hydroxylation is 1. The van der Waals surface area contributed by atoms with E-state index in [0.29, 0.717) is 6.04 Å². The molecule has 1 unspecified atom stereocenters. The molecule has 0 aliphatic heterocycles. The van der Waals surface area contributed by atoms with Crippen molar-refractivity contribution in [3.63, 3.8) is 0 Å². The number of fused-ring (bicyclic) bond motifs is 1. The zero-order valence-electron chi connectivity index (χ0n) is 10.9. The molecule has 92 valence electrons. The zero-order valence-corrected chi connectivity index (χ0v) is 10.9. The second-order valence-corrected chi connectivity index (χ2v) is 6.13. The Hall–Kier alpha value is -0.820. The highest BCUT2D eigenvalue weighted by atomic mass is 15.0. The van der Waals surface area contributed by atoms with Gasteiger partial charge in [0, 0.05) is 12.1 Å². The van der Waals surface area contributed by atoms with Crippen LogP contribution in [0.5, 0.6) is 0 Å². The molecule has 1 fully saturated rings. The van der Waals surface area contributed by atoms with E-state index in [4.69, 9.17) is 0 Å². The van der Waals surface area contributed by atoms with Crippen LogP contribution >= 0.6 is 0 Å². The molecule has 1 aromatic rings. The third kappa shape index (κ3) is 2.13. The maximum Gasteiger partial charge on any atom is 0.0328 e. The van der Waals surface area contributed by atoms with Gasteiger partial charge in [0.25, 0.3) is 0 Å². The van der Waals surface area contributed by atoms with E-state index in [0.717, 1.165) is 17.9 Å². The summed E-state index contributed by atoms with van der Waals surface area (Å²) in [7, 11) is 0. The van der Waals surface area contributed by atoms with Crippen molar-refractivity contribution in [1.29, 1.82) is 0 Å². The van der Waals surface area contributed by atoms with Crippen molar-refractivity contribution in [2.75, 3.05) is 0 Å². The molecule has 0 bridgehead atoms. The van der Waals surface area contributed by atoms with Gasteiger partial charge in [0.1, 0.15) is 0 Å². The van der Waals surface area contributed by atoms with Crippen LogP contribution in [0.3, 0.4) is 0 Å². The first-order chi connectivity index (χ1) is 8.24. The van der Waals surface area contributed by atoms with Gasteiger partial charge < -0.3 is 5.32 Å². The van der Waals surface area contributed by atoms with Gasteiger partial charge in [-0.1, -0.05) is 38.1 Å². The van der Waals surface area contributed by atoms with Crippen LogP contribution in [0.1, 0.15) is 50.3 Å². The van der Waals surface area contributed by atoms with Crippen LogP contribution in [0.25, 0.3) is 0 Å². The lowest BCUT2D eigenvalue weighted by Crippen LogP contribution is -2.44. The number of nitrogens with one attached hydrogen (secondary N) is 1.